The van der Waals surface area contributed by atoms with Gasteiger partial charge in [-0.2, -0.15) is 0 Å². The number of unbranched alkanes of at least 4 members (excludes halogenated alkanes) is 2. The van der Waals surface area contributed by atoms with Gasteiger partial charge in [0, 0.05) is 11.1 Å². The van der Waals surface area contributed by atoms with Crippen molar-refractivity contribution >= 4 is 11.9 Å². The maximum atomic E-state index is 10.2. The molecule has 0 aliphatic heterocycles. The van der Waals surface area contributed by atoms with Gasteiger partial charge in [0.1, 0.15) is 0 Å². The van der Waals surface area contributed by atoms with Gasteiger partial charge in [-0.15, -0.1) is 0 Å². The van der Waals surface area contributed by atoms with Crippen LogP contribution >= 0.6 is 0 Å². The van der Waals surface area contributed by atoms with Gasteiger partial charge in [-0.25, -0.2) is 9.59 Å². The zero-order chi connectivity index (χ0) is 15.4. The van der Waals surface area contributed by atoms with Crippen LogP contribution in [0.2, 0.25) is 0 Å². The van der Waals surface area contributed by atoms with Crippen molar-refractivity contribution in [1.29, 1.82) is 0 Å². The summed E-state index contributed by atoms with van der Waals surface area (Å²) in [5.41, 5.74) is 0.624. The van der Waals surface area contributed by atoms with Crippen molar-refractivity contribution < 1.29 is 19.8 Å². The summed E-state index contributed by atoms with van der Waals surface area (Å²) in [7, 11) is 0. The highest BCUT2D eigenvalue weighted by Gasteiger charge is 2.04. The van der Waals surface area contributed by atoms with Gasteiger partial charge in [-0.1, -0.05) is 46.8 Å². The Morgan fingerprint density at radius 2 is 1.47 bits per heavy atom. The van der Waals surface area contributed by atoms with E-state index in [0.29, 0.717) is 29.9 Å². The molecule has 2 N–H and O–H groups in total. The van der Waals surface area contributed by atoms with Crippen LogP contribution in [0.4, 0.5) is 0 Å². The van der Waals surface area contributed by atoms with Gasteiger partial charge in [0.15, 0.2) is 0 Å². The fraction of sp³-hybridized carbons (Fsp3) is 0.600. The van der Waals surface area contributed by atoms with Gasteiger partial charge in [0.25, 0.3) is 0 Å². The number of rotatable bonds is 8. The lowest BCUT2D eigenvalue weighted by molar-refractivity contribution is -0.133. The fourth-order valence-corrected chi connectivity index (χ4v) is 1.28. The van der Waals surface area contributed by atoms with E-state index in [1.807, 2.05) is 13.8 Å². The number of carboxylic acids is 2. The third kappa shape index (κ3) is 14.4. The van der Waals surface area contributed by atoms with Crippen LogP contribution in [0.15, 0.2) is 24.3 Å². The quantitative estimate of drug-likeness (QED) is 0.518. The molecule has 0 bridgehead atoms. The van der Waals surface area contributed by atoms with Crippen molar-refractivity contribution in [2.45, 2.75) is 52.9 Å². The molecule has 0 radical (unpaired) electrons. The van der Waals surface area contributed by atoms with Crippen LogP contribution in [0.5, 0.6) is 0 Å². The lowest BCUT2D eigenvalue weighted by atomic mass is 10.1. The molecule has 0 atom stereocenters. The average Bonchev–Trinajstić information content (AvgIpc) is 2.28. The number of hydrogen-bond donors (Lipinski definition) is 2. The molecular weight excluding hydrogens is 244 g/mol. The molecule has 0 aromatic rings. The largest absolute Gasteiger partial charge is 0.478 e. The standard InChI is InChI=1S/C8H14O2.C7H12O2/c1-3-4-5-6-7(2)8(9)10;1-5(2)4-6(3)7(8)9/h2-6H2,1H3,(H,9,10);5H,3-4H2,1-2H3,(H,8,9). The first kappa shape index (κ1) is 19.8. The van der Waals surface area contributed by atoms with Crippen LogP contribution < -0.4 is 0 Å². The van der Waals surface area contributed by atoms with Crippen LogP contribution in [0.25, 0.3) is 0 Å². The molecule has 0 aliphatic carbocycles. The minimum Gasteiger partial charge on any atom is -0.478 e. The minimum atomic E-state index is -0.885. The summed E-state index contributed by atoms with van der Waals surface area (Å²) in [4.78, 5) is 20.3. The van der Waals surface area contributed by atoms with Crippen molar-refractivity contribution in [3.63, 3.8) is 0 Å². The van der Waals surface area contributed by atoms with Crippen LogP contribution in [0, 0.1) is 5.92 Å². The first-order chi connectivity index (χ1) is 8.72. The Morgan fingerprint density at radius 1 is 1.00 bits per heavy atom. The average molecular weight is 270 g/mol. The van der Waals surface area contributed by atoms with Crippen molar-refractivity contribution in [2.75, 3.05) is 0 Å². The van der Waals surface area contributed by atoms with Crippen molar-refractivity contribution in [1.82, 2.24) is 0 Å². The summed E-state index contributed by atoms with van der Waals surface area (Å²) >= 11 is 0. The second-order valence-corrected chi connectivity index (χ2v) is 4.87. The van der Waals surface area contributed by atoms with E-state index >= 15 is 0 Å². The molecule has 4 heteroatoms. The lowest BCUT2D eigenvalue weighted by Gasteiger charge is -2.01. The molecule has 0 heterocycles. The molecule has 0 aromatic carbocycles. The minimum absolute atomic E-state index is 0.296. The normalized spacial score (nSPS) is 9.47. The molecular formula is C15H26O4. The summed E-state index contributed by atoms with van der Waals surface area (Å²) in [5.74, 6) is -1.37. The predicted octanol–water partition coefficient (Wildman–Crippen LogP) is 3.88. The number of carboxylic acid groups (broad SMARTS) is 2. The summed E-state index contributed by atoms with van der Waals surface area (Å²) in [5, 5.41) is 16.7. The Labute approximate surface area is 115 Å². The predicted molar refractivity (Wildman–Crippen MR) is 77.1 cm³/mol. The SMILES string of the molecule is C=C(CC(C)C)C(=O)O.C=C(CCCCC)C(=O)O. The highest BCUT2D eigenvalue weighted by molar-refractivity contribution is 5.86. The molecule has 4 nitrogen and oxygen atoms in total. The number of carbonyl (C=O) groups is 2. The Balaban J connectivity index is 0. The highest BCUT2D eigenvalue weighted by atomic mass is 16.4. The molecule has 0 aliphatic rings. The number of aliphatic carboxylic acids is 2. The van der Waals surface area contributed by atoms with Crippen LogP contribution in [0.3, 0.4) is 0 Å². The first-order valence-electron chi connectivity index (χ1n) is 6.54. The zero-order valence-corrected chi connectivity index (χ0v) is 12.2. The Hall–Kier alpha value is -1.58. The van der Waals surface area contributed by atoms with E-state index in [0.717, 1.165) is 19.3 Å². The Morgan fingerprint density at radius 3 is 1.74 bits per heavy atom. The summed E-state index contributed by atoms with van der Waals surface area (Å²) < 4.78 is 0. The van der Waals surface area contributed by atoms with E-state index in [9.17, 15) is 9.59 Å². The van der Waals surface area contributed by atoms with E-state index < -0.39 is 11.9 Å². The van der Waals surface area contributed by atoms with E-state index in [1.165, 1.54) is 0 Å². The third-order valence-corrected chi connectivity index (χ3v) is 2.34. The molecule has 0 saturated carbocycles. The maximum absolute atomic E-state index is 10.2. The second-order valence-electron chi connectivity index (χ2n) is 4.87. The van der Waals surface area contributed by atoms with Gasteiger partial charge in [0.2, 0.25) is 0 Å². The van der Waals surface area contributed by atoms with Crippen LogP contribution in [0.1, 0.15) is 52.9 Å². The van der Waals surface area contributed by atoms with Gasteiger partial charge < -0.3 is 10.2 Å². The van der Waals surface area contributed by atoms with E-state index in [2.05, 4.69) is 20.1 Å². The smallest absolute Gasteiger partial charge is 0.330 e. The second kappa shape index (κ2) is 11.5. The monoisotopic (exact) mass is 270 g/mol. The van der Waals surface area contributed by atoms with Gasteiger partial charge in [-0.05, 0) is 25.2 Å². The first-order valence-corrected chi connectivity index (χ1v) is 6.54. The van der Waals surface area contributed by atoms with Gasteiger partial charge >= 0.3 is 11.9 Å². The molecule has 0 saturated heterocycles. The number of hydrogen-bond acceptors (Lipinski definition) is 2. The molecule has 19 heavy (non-hydrogen) atoms. The summed E-state index contributed by atoms with van der Waals surface area (Å²) in [6, 6.07) is 0. The molecule has 110 valence electrons. The third-order valence-electron chi connectivity index (χ3n) is 2.34. The van der Waals surface area contributed by atoms with Crippen LogP contribution in [-0.4, -0.2) is 22.2 Å². The van der Waals surface area contributed by atoms with Gasteiger partial charge in [-0.3, -0.25) is 0 Å². The Bertz CT molecular complexity index is 316. The van der Waals surface area contributed by atoms with Crippen molar-refractivity contribution in [2.24, 2.45) is 5.92 Å². The van der Waals surface area contributed by atoms with Gasteiger partial charge in [0.05, 0.1) is 0 Å². The molecule has 0 unspecified atom stereocenters. The fourth-order valence-electron chi connectivity index (χ4n) is 1.28. The molecule has 0 spiro atoms. The van der Waals surface area contributed by atoms with Crippen molar-refractivity contribution in [3.05, 3.63) is 24.3 Å². The van der Waals surface area contributed by atoms with E-state index in [1.54, 1.807) is 0 Å². The van der Waals surface area contributed by atoms with Crippen LogP contribution in [-0.2, 0) is 9.59 Å². The highest BCUT2D eigenvalue weighted by Crippen LogP contribution is 2.07. The molecule has 0 amide bonds. The van der Waals surface area contributed by atoms with Crippen molar-refractivity contribution in [3.8, 4) is 0 Å². The summed E-state index contributed by atoms with van der Waals surface area (Å²) in [6.45, 7) is 12.8. The Kier molecular flexibility index (Phi) is 12.0. The molecule has 0 fully saturated rings. The van der Waals surface area contributed by atoms with E-state index in [-0.39, 0.29) is 0 Å². The maximum Gasteiger partial charge on any atom is 0.330 e. The molecule has 0 aromatic heterocycles. The zero-order valence-electron chi connectivity index (χ0n) is 12.2. The topological polar surface area (TPSA) is 74.6 Å². The summed E-state index contributed by atoms with van der Waals surface area (Å²) in [6.07, 6.45) is 4.36. The molecule has 0 rings (SSSR count). The van der Waals surface area contributed by atoms with E-state index in [4.69, 9.17) is 10.2 Å². The lowest BCUT2D eigenvalue weighted by Crippen LogP contribution is -2.01.